The van der Waals surface area contributed by atoms with Crippen molar-refractivity contribution in [3.63, 3.8) is 0 Å². The maximum absolute atomic E-state index is 12.5. The van der Waals surface area contributed by atoms with Crippen LogP contribution in [0.3, 0.4) is 0 Å². The monoisotopic (exact) mass is 553 g/mol. The molecule has 2 aromatic carbocycles. The molecule has 0 radical (unpaired) electrons. The van der Waals surface area contributed by atoms with E-state index in [-0.39, 0.29) is 6.61 Å². The van der Waals surface area contributed by atoms with Gasteiger partial charge in [0, 0.05) is 9.90 Å². The third kappa shape index (κ3) is 6.64. The average Bonchev–Trinajstić information content (AvgIpc) is 3.27. The lowest BCUT2D eigenvalue weighted by atomic mass is 9.95. The number of benzene rings is 2. The van der Waals surface area contributed by atoms with E-state index in [2.05, 4.69) is 15.8 Å². The minimum absolute atomic E-state index is 0.206. The number of anilines is 1. The van der Waals surface area contributed by atoms with Gasteiger partial charge in [-0.1, -0.05) is 17.7 Å². The first-order valence-electron chi connectivity index (χ1n) is 11.9. The Labute approximate surface area is 227 Å². The molecule has 1 aliphatic carbocycles. The van der Waals surface area contributed by atoms with Gasteiger partial charge in [-0.05, 0) is 86.2 Å². The lowest BCUT2D eigenvalue weighted by Crippen LogP contribution is -2.32. The molecule has 9 nitrogen and oxygen atoms in total. The van der Waals surface area contributed by atoms with Crippen molar-refractivity contribution in [2.75, 3.05) is 11.9 Å². The van der Waals surface area contributed by atoms with E-state index in [0.29, 0.717) is 32.5 Å². The molecule has 2 N–H and O–H groups in total. The maximum atomic E-state index is 12.5. The number of hydrogen-bond donors (Lipinski definition) is 2. The van der Waals surface area contributed by atoms with Crippen LogP contribution in [0.25, 0.3) is 0 Å². The first kappa shape index (κ1) is 27.0. The van der Waals surface area contributed by atoms with Gasteiger partial charge in [-0.15, -0.1) is 11.3 Å². The van der Waals surface area contributed by atoms with Gasteiger partial charge in [0.1, 0.15) is 10.8 Å². The number of esters is 2. The maximum Gasteiger partial charge on any atom is 0.343 e. The topological polar surface area (TPSA) is 123 Å². The predicted octanol–water partition coefficient (Wildman–Crippen LogP) is 4.77. The van der Waals surface area contributed by atoms with Crippen LogP contribution < -0.4 is 15.5 Å². The molecule has 11 heteroatoms. The lowest BCUT2D eigenvalue weighted by molar-refractivity contribution is -0.136. The zero-order valence-electron chi connectivity index (χ0n) is 20.4. The minimum atomic E-state index is -0.991. The van der Waals surface area contributed by atoms with E-state index in [9.17, 15) is 19.2 Å². The Morgan fingerprint density at radius 1 is 1.03 bits per heavy atom. The number of amides is 2. The third-order valence-electron chi connectivity index (χ3n) is 5.61. The van der Waals surface area contributed by atoms with Crippen molar-refractivity contribution < 1.29 is 28.7 Å². The molecule has 4 rings (SSSR count). The van der Waals surface area contributed by atoms with E-state index in [1.165, 1.54) is 23.6 Å². The van der Waals surface area contributed by atoms with Crippen molar-refractivity contribution >= 4 is 57.9 Å². The van der Waals surface area contributed by atoms with Crippen LogP contribution in [0.2, 0.25) is 5.02 Å². The molecule has 1 heterocycles. The summed E-state index contributed by atoms with van der Waals surface area (Å²) in [6.45, 7) is 1.92. The van der Waals surface area contributed by atoms with Crippen LogP contribution in [0.5, 0.6) is 5.75 Å². The predicted molar refractivity (Wildman–Crippen MR) is 144 cm³/mol. The van der Waals surface area contributed by atoms with E-state index < -0.39 is 23.8 Å². The summed E-state index contributed by atoms with van der Waals surface area (Å²) in [6, 6.07) is 12.8. The van der Waals surface area contributed by atoms with Crippen molar-refractivity contribution in [1.82, 2.24) is 5.43 Å². The van der Waals surface area contributed by atoms with Gasteiger partial charge in [-0.2, -0.15) is 5.10 Å². The second-order valence-electron chi connectivity index (χ2n) is 8.26. The van der Waals surface area contributed by atoms with E-state index >= 15 is 0 Å². The van der Waals surface area contributed by atoms with Crippen LogP contribution in [0.15, 0.2) is 53.6 Å². The number of thiophene rings is 1. The molecule has 0 spiro atoms. The number of hydrazone groups is 1. The Kier molecular flexibility index (Phi) is 8.88. The van der Waals surface area contributed by atoms with Gasteiger partial charge >= 0.3 is 23.8 Å². The Morgan fingerprint density at radius 2 is 1.79 bits per heavy atom. The molecule has 196 valence electrons. The summed E-state index contributed by atoms with van der Waals surface area (Å²) in [5, 5.41) is 7.08. The number of carbonyl (C=O) groups excluding carboxylic acids is 4. The summed E-state index contributed by atoms with van der Waals surface area (Å²) < 4.78 is 10.5. The SMILES string of the molecule is CCOC(=O)c1c(NC(=O)C(=O)N/N=C/c2ccc(OC(=O)c3cccc(Cl)c3)cc2)sc2c1CCCC2. The van der Waals surface area contributed by atoms with Gasteiger partial charge in [0.25, 0.3) is 0 Å². The van der Waals surface area contributed by atoms with E-state index in [1.807, 2.05) is 0 Å². The molecule has 0 atom stereocenters. The zero-order chi connectivity index (χ0) is 27.1. The lowest BCUT2D eigenvalue weighted by Gasteiger charge is -2.12. The third-order valence-corrected chi connectivity index (χ3v) is 7.06. The molecule has 0 unspecified atom stereocenters. The number of nitrogens with zero attached hydrogens (tertiary/aromatic N) is 1. The Bertz CT molecular complexity index is 1400. The fourth-order valence-electron chi connectivity index (χ4n) is 3.85. The van der Waals surface area contributed by atoms with Gasteiger partial charge < -0.3 is 14.8 Å². The van der Waals surface area contributed by atoms with Crippen LogP contribution >= 0.6 is 22.9 Å². The summed E-state index contributed by atoms with van der Waals surface area (Å²) in [6.07, 6.45) is 4.83. The highest BCUT2D eigenvalue weighted by Crippen LogP contribution is 2.38. The first-order chi connectivity index (χ1) is 18.4. The van der Waals surface area contributed by atoms with Crippen LogP contribution in [0.1, 0.15) is 56.5 Å². The van der Waals surface area contributed by atoms with Gasteiger partial charge in [0.05, 0.1) is 23.9 Å². The molecule has 0 bridgehead atoms. The van der Waals surface area contributed by atoms with Gasteiger partial charge in [0.15, 0.2) is 0 Å². The fourth-order valence-corrected chi connectivity index (χ4v) is 5.32. The quantitative estimate of drug-likeness (QED) is 0.143. The average molecular weight is 554 g/mol. The van der Waals surface area contributed by atoms with Crippen molar-refractivity contribution in [2.24, 2.45) is 5.10 Å². The summed E-state index contributed by atoms with van der Waals surface area (Å²) >= 11 is 7.19. The molecule has 0 saturated heterocycles. The standard InChI is InChI=1S/C27H24ClN3O6S/c1-2-36-27(35)22-20-8-3-4-9-21(20)38-25(22)30-23(32)24(33)31-29-15-16-10-12-19(13-11-16)37-26(34)17-6-5-7-18(28)14-17/h5-7,10-15H,2-4,8-9H2,1H3,(H,30,32)(H,31,33)/b29-15+. The van der Waals surface area contributed by atoms with Crippen molar-refractivity contribution in [3.8, 4) is 5.75 Å². The van der Waals surface area contributed by atoms with E-state index in [1.54, 1.807) is 49.4 Å². The highest BCUT2D eigenvalue weighted by Gasteiger charge is 2.28. The minimum Gasteiger partial charge on any atom is -0.462 e. The molecule has 1 aliphatic rings. The summed E-state index contributed by atoms with van der Waals surface area (Å²) in [7, 11) is 0. The second kappa shape index (κ2) is 12.5. The summed E-state index contributed by atoms with van der Waals surface area (Å²) in [4.78, 5) is 50.6. The number of aryl methyl sites for hydroxylation is 1. The Morgan fingerprint density at radius 3 is 2.53 bits per heavy atom. The highest BCUT2D eigenvalue weighted by atomic mass is 35.5. The van der Waals surface area contributed by atoms with Gasteiger partial charge in [-0.25, -0.2) is 15.0 Å². The Balaban J connectivity index is 1.34. The molecule has 0 fully saturated rings. The van der Waals surface area contributed by atoms with Crippen molar-refractivity contribution in [2.45, 2.75) is 32.6 Å². The molecular formula is C27H24ClN3O6S. The fraction of sp³-hybridized carbons (Fsp3) is 0.222. The molecule has 3 aromatic rings. The highest BCUT2D eigenvalue weighted by molar-refractivity contribution is 7.17. The second-order valence-corrected chi connectivity index (χ2v) is 9.80. The molecule has 0 aliphatic heterocycles. The van der Waals surface area contributed by atoms with Gasteiger partial charge in [0.2, 0.25) is 0 Å². The molecule has 38 heavy (non-hydrogen) atoms. The molecular weight excluding hydrogens is 530 g/mol. The van der Waals surface area contributed by atoms with Crippen LogP contribution in [-0.4, -0.2) is 36.6 Å². The number of carbonyl (C=O) groups is 4. The number of ether oxygens (including phenoxy) is 2. The van der Waals surface area contributed by atoms with E-state index in [4.69, 9.17) is 21.1 Å². The van der Waals surface area contributed by atoms with Crippen LogP contribution in [0, 0.1) is 0 Å². The van der Waals surface area contributed by atoms with Crippen LogP contribution in [0.4, 0.5) is 5.00 Å². The smallest absolute Gasteiger partial charge is 0.343 e. The molecule has 1 aromatic heterocycles. The van der Waals surface area contributed by atoms with Crippen molar-refractivity contribution in [3.05, 3.63) is 80.7 Å². The van der Waals surface area contributed by atoms with Crippen LogP contribution in [-0.2, 0) is 27.2 Å². The number of fused-ring (bicyclic) bond motifs is 1. The number of nitrogens with one attached hydrogen (secondary N) is 2. The number of rotatable bonds is 7. The first-order valence-corrected chi connectivity index (χ1v) is 13.1. The number of halogens is 1. The molecule has 2 amide bonds. The largest absolute Gasteiger partial charge is 0.462 e. The van der Waals surface area contributed by atoms with Gasteiger partial charge in [-0.3, -0.25) is 9.59 Å². The normalized spacial score (nSPS) is 12.5. The summed E-state index contributed by atoms with van der Waals surface area (Å²) in [5.41, 5.74) is 4.29. The zero-order valence-corrected chi connectivity index (χ0v) is 22.0. The van der Waals surface area contributed by atoms with Crippen molar-refractivity contribution in [1.29, 1.82) is 0 Å². The Hall–Kier alpha value is -4.02. The van der Waals surface area contributed by atoms with E-state index in [0.717, 1.165) is 36.1 Å². The summed E-state index contributed by atoms with van der Waals surface area (Å²) in [5.74, 6) is -2.69. The number of hydrogen-bond acceptors (Lipinski definition) is 8. The molecule has 0 saturated carbocycles.